The minimum Gasteiger partial charge on any atom is -0.324 e. The molecular formula is C9H21NO2S. The first-order valence-electron chi connectivity index (χ1n) is 4.88. The van der Waals surface area contributed by atoms with Crippen LogP contribution in [-0.2, 0) is 9.84 Å². The monoisotopic (exact) mass is 207 g/mol. The topological polar surface area (TPSA) is 60.2 Å². The molecular weight excluding hydrogens is 186 g/mol. The molecule has 0 spiro atoms. The van der Waals surface area contributed by atoms with Gasteiger partial charge in [-0.1, -0.05) is 27.2 Å². The third-order valence-electron chi connectivity index (χ3n) is 2.40. The van der Waals surface area contributed by atoms with Crippen molar-refractivity contribution >= 4 is 9.84 Å². The van der Waals surface area contributed by atoms with E-state index in [2.05, 4.69) is 0 Å². The molecule has 0 heterocycles. The van der Waals surface area contributed by atoms with E-state index in [4.69, 9.17) is 5.73 Å². The molecule has 0 bridgehead atoms. The molecule has 0 aromatic heterocycles. The Balaban J connectivity index is 4.44. The summed E-state index contributed by atoms with van der Waals surface area (Å²) < 4.78 is 22.7. The first-order chi connectivity index (χ1) is 5.89. The van der Waals surface area contributed by atoms with Gasteiger partial charge in [-0.05, 0) is 12.8 Å². The summed E-state index contributed by atoms with van der Waals surface area (Å²) >= 11 is 0. The lowest BCUT2D eigenvalue weighted by atomic mass is 9.94. The van der Waals surface area contributed by atoms with Crippen molar-refractivity contribution in [1.82, 2.24) is 0 Å². The lowest BCUT2D eigenvalue weighted by Crippen LogP contribution is -2.46. The highest BCUT2D eigenvalue weighted by molar-refractivity contribution is 7.91. The quantitative estimate of drug-likeness (QED) is 0.714. The third kappa shape index (κ3) is 4.62. The summed E-state index contributed by atoms with van der Waals surface area (Å²) in [5.74, 6) is 0.316. The minimum atomic E-state index is -2.94. The summed E-state index contributed by atoms with van der Waals surface area (Å²) in [6, 6.07) is 0. The van der Waals surface area contributed by atoms with Gasteiger partial charge in [0.2, 0.25) is 0 Å². The Morgan fingerprint density at radius 3 is 2.08 bits per heavy atom. The predicted molar refractivity (Wildman–Crippen MR) is 56.4 cm³/mol. The molecule has 0 saturated carbocycles. The summed E-state index contributed by atoms with van der Waals surface area (Å²) in [7, 11) is -2.94. The van der Waals surface area contributed by atoms with Crippen LogP contribution in [0.5, 0.6) is 0 Å². The van der Waals surface area contributed by atoms with Crippen molar-refractivity contribution in [2.75, 3.05) is 11.5 Å². The Kier molecular flexibility index (Phi) is 4.92. The van der Waals surface area contributed by atoms with Crippen molar-refractivity contribution in [2.45, 2.75) is 45.6 Å². The molecule has 0 aliphatic carbocycles. The molecule has 3 nitrogen and oxygen atoms in total. The largest absolute Gasteiger partial charge is 0.324 e. The highest BCUT2D eigenvalue weighted by atomic mass is 32.2. The van der Waals surface area contributed by atoms with Crippen LogP contribution < -0.4 is 5.73 Å². The Bertz CT molecular complexity index is 236. The van der Waals surface area contributed by atoms with Crippen LogP contribution in [0.2, 0.25) is 0 Å². The van der Waals surface area contributed by atoms with Crippen molar-refractivity contribution in [3.05, 3.63) is 0 Å². The van der Waals surface area contributed by atoms with Gasteiger partial charge < -0.3 is 5.73 Å². The standard InChI is InChI=1S/C9H21NO2S/c1-4-7-9(10,5-2)8-13(11,12)6-3/h4-8,10H2,1-3H3. The van der Waals surface area contributed by atoms with E-state index >= 15 is 0 Å². The Morgan fingerprint density at radius 2 is 1.77 bits per heavy atom. The van der Waals surface area contributed by atoms with Crippen LogP contribution in [-0.4, -0.2) is 25.5 Å². The van der Waals surface area contributed by atoms with E-state index in [1.165, 1.54) is 0 Å². The van der Waals surface area contributed by atoms with Crippen molar-refractivity contribution in [3.8, 4) is 0 Å². The SMILES string of the molecule is CCCC(N)(CC)CS(=O)(=O)CC. The lowest BCUT2D eigenvalue weighted by Gasteiger charge is -2.27. The smallest absolute Gasteiger partial charge is 0.151 e. The number of hydrogen-bond acceptors (Lipinski definition) is 3. The van der Waals surface area contributed by atoms with Gasteiger partial charge in [-0.2, -0.15) is 0 Å². The Morgan fingerprint density at radius 1 is 1.23 bits per heavy atom. The van der Waals surface area contributed by atoms with E-state index in [0.717, 1.165) is 19.3 Å². The molecule has 2 N–H and O–H groups in total. The molecule has 0 amide bonds. The van der Waals surface area contributed by atoms with Gasteiger partial charge in [0.15, 0.2) is 9.84 Å². The van der Waals surface area contributed by atoms with E-state index in [-0.39, 0.29) is 11.5 Å². The average Bonchev–Trinajstić information content (AvgIpc) is 2.04. The fourth-order valence-electron chi connectivity index (χ4n) is 1.39. The van der Waals surface area contributed by atoms with Gasteiger partial charge in [0.05, 0.1) is 5.75 Å². The van der Waals surface area contributed by atoms with Gasteiger partial charge in [0.1, 0.15) is 0 Å². The van der Waals surface area contributed by atoms with Crippen molar-refractivity contribution in [3.63, 3.8) is 0 Å². The molecule has 0 fully saturated rings. The number of rotatable bonds is 6. The molecule has 0 radical (unpaired) electrons. The minimum absolute atomic E-state index is 0.126. The second kappa shape index (κ2) is 4.96. The first-order valence-corrected chi connectivity index (χ1v) is 6.70. The number of hydrogen-bond donors (Lipinski definition) is 1. The molecule has 0 aromatic carbocycles. The summed E-state index contributed by atoms with van der Waals surface area (Å²) in [4.78, 5) is 0. The highest BCUT2D eigenvalue weighted by Crippen LogP contribution is 2.16. The maximum atomic E-state index is 11.4. The molecule has 0 aliphatic heterocycles. The van der Waals surface area contributed by atoms with Gasteiger partial charge in [0.25, 0.3) is 0 Å². The summed E-state index contributed by atoms with van der Waals surface area (Å²) in [5, 5.41) is 0. The maximum Gasteiger partial charge on any atom is 0.151 e. The van der Waals surface area contributed by atoms with E-state index in [9.17, 15) is 8.42 Å². The van der Waals surface area contributed by atoms with Crippen molar-refractivity contribution in [1.29, 1.82) is 0 Å². The van der Waals surface area contributed by atoms with Crippen molar-refractivity contribution < 1.29 is 8.42 Å². The van der Waals surface area contributed by atoms with E-state index in [1.54, 1.807) is 6.92 Å². The van der Waals surface area contributed by atoms with Crippen LogP contribution in [0.1, 0.15) is 40.0 Å². The molecule has 1 atom stereocenters. The normalized spacial score (nSPS) is 16.9. The van der Waals surface area contributed by atoms with Crippen LogP contribution in [0.15, 0.2) is 0 Å². The van der Waals surface area contributed by atoms with E-state index in [0.29, 0.717) is 0 Å². The molecule has 4 heteroatoms. The van der Waals surface area contributed by atoms with Gasteiger partial charge in [-0.25, -0.2) is 8.42 Å². The van der Waals surface area contributed by atoms with Gasteiger partial charge in [-0.15, -0.1) is 0 Å². The highest BCUT2D eigenvalue weighted by Gasteiger charge is 2.27. The molecule has 1 unspecified atom stereocenters. The molecule has 80 valence electrons. The summed E-state index contributed by atoms with van der Waals surface area (Å²) in [6.07, 6.45) is 2.44. The van der Waals surface area contributed by atoms with Gasteiger partial charge in [0, 0.05) is 11.3 Å². The molecule has 0 saturated heterocycles. The fraction of sp³-hybridized carbons (Fsp3) is 1.00. The number of nitrogens with two attached hydrogens (primary N) is 1. The zero-order valence-electron chi connectivity index (χ0n) is 8.84. The second-order valence-electron chi connectivity index (χ2n) is 3.64. The third-order valence-corrected chi connectivity index (χ3v) is 4.29. The van der Waals surface area contributed by atoms with Crippen LogP contribution >= 0.6 is 0 Å². The molecule has 0 rings (SSSR count). The second-order valence-corrected chi connectivity index (χ2v) is 6.00. The average molecular weight is 207 g/mol. The Labute approximate surface area is 81.6 Å². The molecule has 0 aliphatic rings. The van der Waals surface area contributed by atoms with Crippen molar-refractivity contribution in [2.24, 2.45) is 5.73 Å². The zero-order chi connectivity index (χ0) is 10.5. The number of sulfone groups is 1. The summed E-state index contributed by atoms with van der Waals surface area (Å²) in [6.45, 7) is 5.63. The Hall–Kier alpha value is -0.0900. The molecule has 0 aromatic rings. The van der Waals surface area contributed by atoms with Crippen LogP contribution in [0.4, 0.5) is 0 Å². The van der Waals surface area contributed by atoms with Crippen LogP contribution in [0.25, 0.3) is 0 Å². The summed E-state index contributed by atoms with van der Waals surface area (Å²) in [5.41, 5.74) is 5.48. The fourth-order valence-corrected chi connectivity index (χ4v) is 2.82. The predicted octanol–water partition coefficient (Wildman–Crippen LogP) is 1.33. The lowest BCUT2D eigenvalue weighted by molar-refractivity contribution is 0.412. The van der Waals surface area contributed by atoms with Gasteiger partial charge in [-0.3, -0.25) is 0 Å². The molecule has 13 heavy (non-hydrogen) atoms. The maximum absolute atomic E-state index is 11.4. The van der Waals surface area contributed by atoms with Crippen LogP contribution in [0.3, 0.4) is 0 Å². The first kappa shape index (κ1) is 12.9. The van der Waals surface area contributed by atoms with E-state index in [1.807, 2.05) is 13.8 Å². The van der Waals surface area contributed by atoms with E-state index < -0.39 is 15.4 Å². The van der Waals surface area contributed by atoms with Gasteiger partial charge >= 0.3 is 0 Å². The van der Waals surface area contributed by atoms with Crippen LogP contribution in [0, 0.1) is 0 Å². The zero-order valence-corrected chi connectivity index (χ0v) is 9.65.